The average molecular weight is 490 g/mol. The molecule has 0 spiro atoms. The zero-order chi connectivity index (χ0) is 23.1. The first-order valence-corrected chi connectivity index (χ1v) is 11.4. The molecule has 3 aromatic rings. The molecule has 10 heteroatoms. The molecule has 0 aliphatic heterocycles. The van der Waals surface area contributed by atoms with Crippen LogP contribution < -0.4 is 10.6 Å². The molecule has 2 N–H and O–H groups in total. The monoisotopic (exact) mass is 489 g/mol. The van der Waals surface area contributed by atoms with Crippen LogP contribution in [0, 0.1) is 0 Å². The van der Waals surface area contributed by atoms with Gasteiger partial charge in [0.1, 0.15) is 0 Å². The molecule has 0 bridgehead atoms. The van der Waals surface area contributed by atoms with Crippen LogP contribution in [0.2, 0.25) is 10.0 Å². The van der Waals surface area contributed by atoms with Crippen molar-refractivity contribution in [1.29, 1.82) is 0 Å². The highest BCUT2D eigenvalue weighted by atomic mass is 35.5. The van der Waals surface area contributed by atoms with Gasteiger partial charge in [0, 0.05) is 27.8 Å². The maximum absolute atomic E-state index is 12.5. The topological polar surface area (TPSA) is 88.9 Å². The molecule has 32 heavy (non-hydrogen) atoms. The van der Waals surface area contributed by atoms with E-state index in [1.165, 1.54) is 11.8 Å². The molecule has 2 aromatic carbocycles. The van der Waals surface area contributed by atoms with E-state index in [4.69, 9.17) is 23.2 Å². The van der Waals surface area contributed by atoms with Crippen molar-refractivity contribution in [2.24, 2.45) is 0 Å². The first-order valence-electron chi connectivity index (χ1n) is 9.66. The molecule has 3 rings (SSSR count). The van der Waals surface area contributed by atoms with Gasteiger partial charge >= 0.3 is 0 Å². The van der Waals surface area contributed by atoms with Crippen molar-refractivity contribution in [2.75, 3.05) is 11.1 Å². The number of carbonyl (C=O) groups excluding carboxylic acids is 2. The normalized spacial score (nSPS) is 11.6. The molecule has 2 amide bonds. The van der Waals surface area contributed by atoms with Crippen LogP contribution >= 0.6 is 35.0 Å². The SMILES string of the molecule is C=CCn1c(SCC(=O)Nc2cccc(Cl)c2)nnc1[C@@H](C)NC(=O)c1ccc(Cl)cc1. The van der Waals surface area contributed by atoms with Gasteiger partial charge in [-0.3, -0.25) is 9.59 Å². The summed E-state index contributed by atoms with van der Waals surface area (Å²) in [5, 5.41) is 15.8. The van der Waals surface area contributed by atoms with Gasteiger partial charge in [-0.05, 0) is 49.4 Å². The van der Waals surface area contributed by atoms with Gasteiger partial charge in [0.05, 0.1) is 11.8 Å². The fourth-order valence-corrected chi connectivity index (χ4v) is 3.94. The Bertz CT molecular complexity index is 1120. The summed E-state index contributed by atoms with van der Waals surface area (Å²) in [4.78, 5) is 24.8. The third-order valence-electron chi connectivity index (χ3n) is 4.34. The molecule has 1 atom stereocenters. The predicted octanol–water partition coefficient (Wildman–Crippen LogP) is 4.99. The van der Waals surface area contributed by atoms with Crippen molar-refractivity contribution >= 4 is 52.5 Å². The van der Waals surface area contributed by atoms with Crippen molar-refractivity contribution in [2.45, 2.75) is 24.7 Å². The van der Waals surface area contributed by atoms with Gasteiger partial charge in [-0.15, -0.1) is 16.8 Å². The Morgan fingerprint density at radius 3 is 2.59 bits per heavy atom. The van der Waals surface area contributed by atoms with Gasteiger partial charge in [-0.1, -0.05) is 47.1 Å². The Kier molecular flexibility index (Phi) is 8.33. The van der Waals surface area contributed by atoms with E-state index in [0.717, 1.165) is 0 Å². The van der Waals surface area contributed by atoms with Crippen LogP contribution in [0.25, 0.3) is 0 Å². The first-order chi connectivity index (χ1) is 15.4. The zero-order valence-corrected chi connectivity index (χ0v) is 19.5. The minimum atomic E-state index is -0.416. The summed E-state index contributed by atoms with van der Waals surface area (Å²) in [6.45, 7) is 6.03. The second kappa shape index (κ2) is 11.2. The van der Waals surface area contributed by atoms with Crippen LogP contribution in [0.3, 0.4) is 0 Å². The maximum Gasteiger partial charge on any atom is 0.251 e. The van der Waals surface area contributed by atoms with E-state index in [0.29, 0.717) is 38.8 Å². The summed E-state index contributed by atoms with van der Waals surface area (Å²) in [7, 11) is 0. The number of amides is 2. The lowest BCUT2D eigenvalue weighted by atomic mass is 10.2. The summed E-state index contributed by atoms with van der Waals surface area (Å²) >= 11 is 13.1. The van der Waals surface area contributed by atoms with Gasteiger partial charge in [0.25, 0.3) is 5.91 Å². The molecule has 1 heterocycles. The van der Waals surface area contributed by atoms with Crippen LogP contribution in [-0.4, -0.2) is 32.3 Å². The molecular weight excluding hydrogens is 469 g/mol. The summed E-state index contributed by atoms with van der Waals surface area (Å²) in [5.41, 5.74) is 1.11. The summed E-state index contributed by atoms with van der Waals surface area (Å²) in [6.07, 6.45) is 1.71. The Morgan fingerprint density at radius 1 is 1.16 bits per heavy atom. The summed E-state index contributed by atoms with van der Waals surface area (Å²) in [6, 6.07) is 13.1. The van der Waals surface area contributed by atoms with Crippen LogP contribution in [0.4, 0.5) is 5.69 Å². The number of carbonyl (C=O) groups is 2. The fourth-order valence-electron chi connectivity index (χ4n) is 2.87. The summed E-state index contributed by atoms with van der Waals surface area (Å²) in [5.74, 6) is 0.242. The van der Waals surface area contributed by atoms with E-state index < -0.39 is 6.04 Å². The number of nitrogens with zero attached hydrogens (tertiary/aromatic N) is 3. The second-order valence-corrected chi connectivity index (χ2v) is 8.60. The highest BCUT2D eigenvalue weighted by molar-refractivity contribution is 7.99. The number of thioether (sulfide) groups is 1. The largest absolute Gasteiger partial charge is 0.342 e. The Hall–Kier alpha value is -2.81. The quantitative estimate of drug-likeness (QED) is 0.326. The number of aromatic nitrogens is 3. The molecule has 0 saturated carbocycles. The molecule has 0 fully saturated rings. The van der Waals surface area contributed by atoms with Crippen molar-refractivity contribution in [3.05, 3.63) is 82.6 Å². The molecule has 166 valence electrons. The Morgan fingerprint density at radius 2 is 1.91 bits per heavy atom. The van der Waals surface area contributed by atoms with Crippen molar-refractivity contribution in [3.63, 3.8) is 0 Å². The lowest BCUT2D eigenvalue weighted by Crippen LogP contribution is -2.28. The molecule has 7 nitrogen and oxygen atoms in total. The third-order valence-corrected chi connectivity index (χ3v) is 5.79. The van der Waals surface area contributed by atoms with Crippen molar-refractivity contribution in [1.82, 2.24) is 20.1 Å². The van der Waals surface area contributed by atoms with Gasteiger partial charge in [-0.2, -0.15) is 0 Å². The molecular formula is C22H21Cl2N5O2S. The zero-order valence-electron chi connectivity index (χ0n) is 17.2. The van der Waals surface area contributed by atoms with Gasteiger partial charge in [0.2, 0.25) is 5.91 Å². The van der Waals surface area contributed by atoms with E-state index in [2.05, 4.69) is 27.4 Å². The van der Waals surface area contributed by atoms with Crippen LogP contribution in [-0.2, 0) is 11.3 Å². The van der Waals surface area contributed by atoms with E-state index in [-0.39, 0.29) is 17.6 Å². The molecule has 0 saturated heterocycles. The van der Waals surface area contributed by atoms with Crippen LogP contribution in [0.15, 0.2) is 66.3 Å². The van der Waals surface area contributed by atoms with Crippen molar-refractivity contribution in [3.8, 4) is 0 Å². The third kappa shape index (κ3) is 6.35. The minimum Gasteiger partial charge on any atom is -0.342 e. The van der Waals surface area contributed by atoms with Crippen LogP contribution in [0.5, 0.6) is 0 Å². The van der Waals surface area contributed by atoms with Gasteiger partial charge in [-0.25, -0.2) is 0 Å². The average Bonchev–Trinajstić information content (AvgIpc) is 3.15. The number of benzene rings is 2. The summed E-state index contributed by atoms with van der Waals surface area (Å²) < 4.78 is 1.82. The van der Waals surface area contributed by atoms with E-state index in [9.17, 15) is 9.59 Å². The second-order valence-electron chi connectivity index (χ2n) is 6.79. The molecule has 0 unspecified atom stereocenters. The molecule has 0 radical (unpaired) electrons. The smallest absolute Gasteiger partial charge is 0.251 e. The standard InChI is InChI=1S/C22H21Cl2N5O2S/c1-3-11-29-20(14(2)25-21(31)15-7-9-16(23)10-8-15)27-28-22(29)32-13-19(30)26-18-6-4-5-17(24)12-18/h3-10,12,14H,1,11,13H2,2H3,(H,25,31)(H,26,30)/t14-/m1/s1. The highest BCUT2D eigenvalue weighted by Gasteiger charge is 2.20. The molecule has 1 aromatic heterocycles. The first kappa shape index (κ1) is 23.8. The van der Waals surface area contributed by atoms with Crippen LogP contribution in [0.1, 0.15) is 29.1 Å². The number of rotatable bonds is 9. The van der Waals surface area contributed by atoms with E-state index >= 15 is 0 Å². The predicted molar refractivity (Wildman–Crippen MR) is 128 cm³/mol. The minimum absolute atomic E-state index is 0.132. The Balaban J connectivity index is 1.66. The maximum atomic E-state index is 12.5. The fraction of sp³-hybridized carbons (Fsp3) is 0.182. The molecule has 0 aliphatic carbocycles. The number of anilines is 1. The number of hydrogen-bond acceptors (Lipinski definition) is 5. The number of allylic oxidation sites excluding steroid dienone is 1. The van der Waals surface area contributed by atoms with Gasteiger partial charge < -0.3 is 15.2 Å². The van der Waals surface area contributed by atoms with E-state index in [1.807, 2.05) is 11.5 Å². The van der Waals surface area contributed by atoms with Crippen molar-refractivity contribution < 1.29 is 9.59 Å². The van der Waals surface area contributed by atoms with Gasteiger partial charge in [0.15, 0.2) is 11.0 Å². The number of nitrogens with one attached hydrogen (secondary N) is 2. The molecule has 0 aliphatic rings. The number of hydrogen-bond donors (Lipinski definition) is 2. The highest BCUT2D eigenvalue weighted by Crippen LogP contribution is 2.22. The van der Waals surface area contributed by atoms with E-state index in [1.54, 1.807) is 54.6 Å². The lowest BCUT2D eigenvalue weighted by Gasteiger charge is -2.15. The number of halogens is 2. The lowest BCUT2D eigenvalue weighted by molar-refractivity contribution is -0.113. The Labute approximate surface area is 200 Å².